The molecule has 1 unspecified atom stereocenters. The average molecular weight is 250 g/mol. The highest BCUT2D eigenvalue weighted by Crippen LogP contribution is 2.11. The predicted molar refractivity (Wildman–Crippen MR) is 71.9 cm³/mol. The first-order chi connectivity index (χ1) is 8.88. The van der Waals surface area contributed by atoms with Gasteiger partial charge < -0.3 is 20.1 Å². The highest BCUT2D eigenvalue weighted by molar-refractivity contribution is 5.27. The van der Waals surface area contributed by atoms with Crippen molar-refractivity contribution in [1.29, 1.82) is 0 Å². The monoisotopic (exact) mass is 250 g/mol. The molecule has 18 heavy (non-hydrogen) atoms. The summed E-state index contributed by atoms with van der Waals surface area (Å²) in [6.07, 6.45) is 0.293. The molecule has 1 heterocycles. The number of hydrogen-bond acceptors (Lipinski definition) is 4. The van der Waals surface area contributed by atoms with E-state index in [2.05, 4.69) is 22.8 Å². The van der Waals surface area contributed by atoms with E-state index in [-0.39, 0.29) is 0 Å². The van der Waals surface area contributed by atoms with Gasteiger partial charge in [-0.25, -0.2) is 0 Å². The summed E-state index contributed by atoms with van der Waals surface area (Å²) < 4.78 is 11.0. The van der Waals surface area contributed by atoms with Crippen LogP contribution >= 0.6 is 0 Å². The van der Waals surface area contributed by atoms with Crippen LogP contribution in [0.2, 0.25) is 0 Å². The van der Waals surface area contributed by atoms with Gasteiger partial charge in [0.25, 0.3) is 0 Å². The number of rotatable bonds is 6. The Morgan fingerprint density at radius 3 is 2.89 bits per heavy atom. The fourth-order valence-electron chi connectivity index (χ4n) is 2.00. The van der Waals surface area contributed by atoms with Crippen LogP contribution in [0.3, 0.4) is 0 Å². The molecule has 0 radical (unpaired) electrons. The van der Waals surface area contributed by atoms with E-state index in [1.165, 1.54) is 5.56 Å². The molecule has 1 aromatic rings. The Kier molecular flexibility index (Phi) is 5.45. The Labute approximate surface area is 109 Å². The smallest absolute Gasteiger partial charge is 0.119 e. The summed E-state index contributed by atoms with van der Waals surface area (Å²) in [5.41, 5.74) is 1.27. The van der Waals surface area contributed by atoms with E-state index >= 15 is 0 Å². The fraction of sp³-hybridized carbons (Fsp3) is 0.571. The lowest BCUT2D eigenvalue weighted by Crippen LogP contribution is -2.43. The van der Waals surface area contributed by atoms with Gasteiger partial charge in [-0.1, -0.05) is 12.1 Å². The molecule has 0 spiro atoms. The van der Waals surface area contributed by atoms with Gasteiger partial charge in [0.2, 0.25) is 0 Å². The number of ether oxygens (including phenoxy) is 2. The zero-order valence-electron chi connectivity index (χ0n) is 10.9. The van der Waals surface area contributed by atoms with Gasteiger partial charge in [-0.05, 0) is 24.6 Å². The topological polar surface area (TPSA) is 42.5 Å². The first kappa shape index (κ1) is 13.3. The number of morpholine rings is 1. The molecule has 2 rings (SSSR count). The van der Waals surface area contributed by atoms with E-state index in [4.69, 9.17) is 9.47 Å². The molecule has 1 aromatic carbocycles. The molecule has 0 aromatic heterocycles. The van der Waals surface area contributed by atoms with Crippen LogP contribution in [0.4, 0.5) is 0 Å². The Balaban J connectivity index is 1.69. The minimum absolute atomic E-state index is 0.293. The molecule has 1 fully saturated rings. The van der Waals surface area contributed by atoms with Crippen LogP contribution in [0.5, 0.6) is 5.75 Å². The summed E-state index contributed by atoms with van der Waals surface area (Å²) in [7, 11) is 0. The fourth-order valence-corrected chi connectivity index (χ4v) is 2.00. The normalized spacial score (nSPS) is 19.7. The van der Waals surface area contributed by atoms with Gasteiger partial charge in [0.05, 0.1) is 19.3 Å². The molecular weight excluding hydrogens is 228 g/mol. The van der Waals surface area contributed by atoms with Crippen molar-refractivity contribution < 1.29 is 9.47 Å². The van der Waals surface area contributed by atoms with Crippen molar-refractivity contribution in [3.63, 3.8) is 0 Å². The lowest BCUT2D eigenvalue weighted by Gasteiger charge is -2.23. The highest BCUT2D eigenvalue weighted by Gasteiger charge is 2.12. The minimum atomic E-state index is 0.293. The molecule has 1 atom stereocenters. The van der Waals surface area contributed by atoms with Crippen LogP contribution < -0.4 is 15.4 Å². The van der Waals surface area contributed by atoms with Crippen LogP contribution in [0.1, 0.15) is 12.5 Å². The maximum absolute atomic E-state index is 5.62. The second-order valence-electron chi connectivity index (χ2n) is 4.40. The number of benzene rings is 1. The number of hydrogen-bond donors (Lipinski definition) is 2. The van der Waals surface area contributed by atoms with Gasteiger partial charge in [0, 0.05) is 26.2 Å². The molecule has 0 aliphatic carbocycles. The quantitative estimate of drug-likeness (QED) is 0.795. The summed E-state index contributed by atoms with van der Waals surface area (Å²) in [6.45, 7) is 7.19. The van der Waals surface area contributed by atoms with Crippen molar-refractivity contribution in [2.75, 3.05) is 32.8 Å². The van der Waals surface area contributed by atoms with Crippen molar-refractivity contribution >= 4 is 0 Å². The van der Waals surface area contributed by atoms with Crippen LogP contribution in [0.15, 0.2) is 24.3 Å². The van der Waals surface area contributed by atoms with E-state index < -0.39 is 0 Å². The van der Waals surface area contributed by atoms with Gasteiger partial charge in [0.15, 0.2) is 0 Å². The summed E-state index contributed by atoms with van der Waals surface area (Å²) in [6, 6.07) is 8.22. The maximum atomic E-state index is 5.62. The third-order valence-corrected chi connectivity index (χ3v) is 2.94. The van der Waals surface area contributed by atoms with Crippen LogP contribution in [-0.4, -0.2) is 39.0 Å². The van der Waals surface area contributed by atoms with E-state index in [9.17, 15) is 0 Å². The van der Waals surface area contributed by atoms with Gasteiger partial charge in [0.1, 0.15) is 5.75 Å². The molecule has 1 saturated heterocycles. The van der Waals surface area contributed by atoms with Crippen molar-refractivity contribution in [1.82, 2.24) is 10.6 Å². The van der Waals surface area contributed by atoms with Gasteiger partial charge in [-0.2, -0.15) is 0 Å². The lowest BCUT2D eigenvalue weighted by molar-refractivity contribution is 0.0290. The van der Waals surface area contributed by atoms with E-state index in [1.54, 1.807) is 0 Å². The van der Waals surface area contributed by atoms with E-state index in [0.29, 0.717) is 12.7 Å². The summed E-state index contributed by atoms with van der Waals surface area (Å²) in [5.74, 6) is 0.932. The molecule has 2 N–H and O–H groups in total. The van der Waals surface area contributed by atoms with Gasteiger partial charge >= 0.3 is 0 Å². The Hall–Kier alpha value is -1.10. The predicted octanol–water partition coefficient (Wildman–Crippen LogP) is 1.16. The third kappa shape index (κ3) is 4.29. The SMILES string of the molecule is CCOc1ccc(CNCC2CNCCO2)cc1. The first-order valence-corrected chi connectivity index (χ1v) is 6.63. The molecule has 1 aliphatic rings. The zero-order valence-corrected chi connectivity index (χ0v) is 10.9. The van der Waals surface area contributed by atoms with Crippen LogP contribution in [-0.2, 0) is 11.3 Å². The molecule has 4 nitrogen and oxygen atoms in total. The van der Waals surface area contributed by atoms with Gasteiger partial charge in [-0.15, -0.1) is 0 Å². The maximum Gasteiger partial charge on any atom is 0.119 e. The van der Waals surface area contributed by atoms with Crippen molar-refractivity contribution in [3.05, 3.63) is 29.8 Å². The first-order valence-electron chi connectivity index (χ1n) is 6.63. The standard InChI is InChI=1S/C14H22N2O2/c1-2-17-13-5-3-12(4-6-13)9-16-11-14-10-15-7-8-18-14/h3-6,14-16H,2,7-11H2,1H3. The third-order valence-electron chi connectivity index (χ3n) is 2.94. The Bertz CT molecular complexity index is 334. The van der Waals surface area contributed by atoms with E-state index in [1.807, 2.05) is 19.1 Å². The van der Waals surface area contributed by atoms with Crippen molar-refractivity contribution in [2.24, 2.45) is 0 Å². The summed E-state index contributed by atoms with van der Waals surface area (Å²) in [4.78, 5) is 0. The summed E-state index contributed by atoms with van der Waals surface area (Å²) >= 11 is 0. The summed E-state index contributed by atoms with van der Waals surface area (Å²) in [5, 5.41) is 6.74. The molecule has 0 bridgehead atoms. The minimum Gasteiger partial charge on any atom is -0.494 e. The van der Waals surface area contributed by atoms with Crippen molar-refractivity contribution in [2.45, 2.75) is 19.6 Å². The Morgan fingerprint density at radius 2 is 2.22 bits per heavy atom. The number of nitrogens with one attached hydrogen (secondary N) is 2. The van der Waals surface area contributed by atoms with Crippen LogP contribution in [0.25, 0.3) is 0 Å². The highest BCUT2D eigenvalue weighted by atomic mass is 16.5. The lowest BCUT2D eigenvalue weighted by atomic mass is 10.2. The molecular formula is C14H22N2O2. The Morgan fingerprint density at radius 1 is 1.39 bits per heavy atom. The van der Waals surface area contributed by atoms with Gasteiger partial charge in [-0.3, -0.25) is 0 Å². The van der Waals surface area contributed by atoms with E-state index in [0.717, 1.165) is 38.5 Å². The molecule has 100 valence electrons. The second-order valence-corrected chi connectivity index (χ2v) is 4.40. The molecule has 0 saturated carbocycles. The average Bonchev–Trinajstić information content (AvgIpc) is 2.42. The largest absolute Gasteiger partial charge is 0.494 e. The molecule has 1 aliphatic heterocycles. The zero-order chi connectivity index (χ0) is 12.6. The van der Waals surface area contributed by atoms with Crippen LogP contribution in [0, 0.1) is 0 Å². The second kappa shape index (κ2) is 7.36. The van der Waals surface area contributed by atoms with Crippen molar-refractivity contribution in [3.8, 4) is 5.75 Å². The molecule has 4 heteroatoms. The molecule has 0 amide bonds.